The third-order valence-electron chi connectivity index (χ3n) is 1.84. The summed E-state index contributed by atoms with van der Waals surface area (Å²) in [5.41, 5.74) is 8.64. The Kier molecular flexibility index (Phi) is 7.56. The van der Waals surface area contributed by atoms with Gasteiger partial charge in [-0.3, -0.25) is 0 Å². The van der Waals surface area contributed by atoms with Crippen LogP contribution in [-0.4, -0.2) is 22.9 Å². The van der Waals surface area contributed by atoms with E-state index in [4.69, 9.17) is 5.53 Å². The summed E-state index contributed by atoms with van der Waals surface area (Å²) in [6.45, 7) is -0.132. The largest absolute Gasteiger partial charge is 0.390 e. The molecule has 0 fully saturated rings. The first-order chi connectivity index (χ1) is 6.75. The molecule has 0 aliphatic carbocycles. The number of benzene rings is 1. The smallest absolute Gasteiger partial charge is 0.105 e. The van der Waals surface area contributed by atoms with Crippen LogP contribution in [-0.2, 0) is 32.7 Å². The molecule has 0 unspecified atom stereocenters. The summed E-state index contributed by atoms with van der Waals surface area (Å²) in [5.74, 6) is 0. The average Bonchev–Trinajstić information content (AvgIpc) is 2.26. The van der Waals surface area contributed by atoms with Crippen LogP contribution >= 0.6 is 0 Å². The van der Waals surface area contributed by atoms with Gasteiger partial charge in [0.2, 0.25) is 0 Å². The van der Waals surface area contributed by atoms with Crippen molar-refractivity contribution in [3.8, 4) is 0 Å². The molecule has 0 aromatic heterocycles. The normalized spacial score (nSPS) is 13.2. The molecule has 0 heterocycles. The summed E-state index contributed by atoms with van der Waals surface area (Å²) in [6.07, 6.45) is -2.07. The molecule has 0 aliphatic rings. The molecule has 15 heavy (non-hydrogen) atoms. The van der Waals surface area contributed by atoms with Crippen molar-refractivity contribution in [2.24, 2.45) is 5.11 Å². The molecule has 1 aromatic rings. The van der Waals surface area contributed by atoms with Crippen LogP contribution in [0.25, 0.3) is 10.4 Å². The first-order valence-electron chi connectivity index (χ1n) is 4.17. The zero-order valence-corrected chi connectivity index (χ0v) is 10.9. The fraction of sp³-hybridized carbons (Fsp3) is 0.333. The van der Waals surface area contributed by atoms with E-state index in [0.29, 0.717) is 5.56 Å². The summed E-state index contributed by atoms with van der Waals surface area (Å²) in [6, 6.07) is 8.74. The van der Waals surface area contributed by atoms with Gasteiger partial charge in [-0.2, -0.15) is 0 Å². The van der Waals surface area contributed by atoms with Crippen LogP contribution in [0.3, 0.4) is 0 Å². The van der Waals surface area contributed by atoms with Gasteiger partial charge in [0.25, 0.3) is 0 Å². The predicted octanol–water partition coefficient (Wildman–Crippen LogP) is 1.39. The number of aliphatic hydroxyl groups excluding tert-OH is 2. The van der Waals surface area contributed by atoms with Gasteiger partial charge in [0, 0.05) is 37.6 Å². The maximum Gasteiger partial charge on any atom is 0.105 e. The Morgan fingerprint density at radius 2 is 1.87 bits per heavy atom. The van der Waals surface area contributed by atoms with E-state index in [-0.39, 0.29) is 39.3 Å². The van der Waals surface area contributed by atoms with E-state index >= 15 is 0 Å². The van der Waals surface area contributed by atoms with Crippen LogP contribution in [0.15, 0.2) is 35.4 Å². The van der Waals surface area contributed by atoms with Gasteiger partial charge in [-0.15, -0.1) is 0 Å². The van der Waals surface area contributed by atoms with Crippen molar-refractivity contribution in [2.75, 3.05) is 6.54 Å². The van der Waals surface area contributed by atoms with Gasteiger partial charge in [0.15, 0.2) is 0 Å². The van der Waals surface area contributed by atoms with Crippen molar-refractivity contribution in [1.29, 1.82) is 0 Å². The van der Waals surface area contributed by atoms with Gasteiger partial charge in [-0.25, -0.2) is 0 Å². The molecule has 0 saturated heterocycles. The Labute approximate surface area is 113 Å². The Hall–Kier alpha value is -0.446. The van der Waals surface area contributed by atoms with Gasteiger partial charge in [-0.05, 0) is 11.1 Å². The van der Waals surface area contributed by atoms with Crippen molar-refractivity contribution in [3.63, 3.8) is 0 Å². The Morgan fingerprint density at radius 1 is 1.27 bits per heavy atom. The SMILES string of the molecule is [N-]=[N+]=NC[C@H](O)[C@@H](O)c1ccccc1.[Y]. The van der Waals surface area contributed by atoms with Gasteiger partial charge in [0.1, 0.15) is 6.10 Å². The number of nitrogens with zero attached hydrogens (tertiary/aromatic N) is 3. The second-order valence-corrected chi connectivity index (χ2v) is 2.84. The van der Waals surface area contributed by atoms with Crippen molar-refractivity contribution in [2.45, 2.75) is 12.2 Å². The second-order valence-electron chi connectivity index (χ2n) is 2.84. The van der Waals surface area contributed by atoms with E-state index in [1.54, 1.807) is 24.3 Å². The van der Waals surface area contributed by atoms with E-state index in [1.165, 1.54) is 0 Å². The van der Waals surface area contributed by atoms with Crippen LogP contribution < -0.4 is 0 Å². The standard InChI is InChI=1S/C9H11N3O2.Y/c10-12-11-6-8(13)9(14)7-4-2-1-3-5-7;/h1-5,8-9,13-14H,6H2;/t8-,9-;/m0./s1. The minimum Gasteiger partial charge on any atom is -0.390 e. The third kappa shape index (κ3) is 4.73. The molecule has 0 aliphatic heterocycles. The quantitative estimate of drug-likeness (QED) is 0.496. The maximum absolute atomic E-state index is 9.58. The molecule has 1 rings (SSSR count). The van der Waals surface area contributed by atoms with E-state index in [0.717, 1.165) is 0 Å². The van der Waals surface area contributed by atoms with Crippen molar-refractivity contribution in [1.82, 2.24) is 0 Å². The summed E-state index contributed by atoms with van der Waals surface area (Å²) < 4.78 is 0. The molecule has 2 N–H and O–H groups in total. The molecule has 0 saturated carbocycles. The van der Waals surface area contributed by atoms with Gasteiger partial charge in [0.05, 0.1) is 12.6 Å². The molecule has 77 valence electrons. The predicted molar refractivity (Wildman–Crippen MR) is 51.4 cm³/mol. The van der Waals surface area contributed by atoms with Crippen molar-refractivity contribution >= 4 is 0 Å². The van der Waals surface area contributed by atoms with E-state index < -0.39 is 12.2 Å². The second kappa shape index (κ2) is 7.80. The molecule has 2 atom stereocenters. The Bertz CT molecular complexity index is 327. The minimum absolute atomic E-state index is 0. The van der Waals surface area contributed by atoms with Gasteiger partial charge >= 0.3 is 0 Å². The van der Waals surface area contributed by atoms with E-state index in [2.05, 4.69) is 10.0 Å². The van der Waals surface area contributed by atoms with E-state index in [9.17, 15) is 10.2 Å². The Morgan fingerprint density at radius 3 is 2.40 bits per heavy atom. The van der Waals surface area contributed by atoms with Crippen LogP contribution in [0.2, 0.25) is 0 Å². The van der Waals surface area contributed by atoms with Crippen molar-refractivity contribution < 1.29 is 42.9 Å². The van der Waals surface area contributed by atoms with Crippen molar-refractivity contribution in [3.05, 3.63) is 46.3 Å². The number of aliphatic hydroxyl groups is 2. The summed E-state index contributed by atoms with van der Waals surface area (Å²) >= 11 is 0. The van der Waals surface area contributed by atoms with Crippen LogP contribution in [0, 0.1) is 0 Å². The summed E-state index contributed by atoms with van der Waals surface area (Å²) in [4.78, 5) is 2.51. The number of azide groups is 1. The van der Waals surface area contributed by atoms with Gasteiger partial charge in [-0.1, -0.05) is 35.4 Å². The van der Waals surface area contributed by atoms with Crippen LogP contribution in [0.5, 0.6) is 0 Å². The fourth-order valence-corrected chi connectivity index (χ4v) is 1.09. The fourth-order valence-electron chi connectivity index (χ4n) is 1.09. The molecule has 6 heteroatoms. The van der Waals surface area contributed by atoms with Crippen LogP contribution in [0.1, 0.15) is 11.7 Å². The molecule has 1 aromatic carbocycles. The molecule has 0 spiro atoms. The Balaban J connectivity index is 0.00000196. The maximum atomic E-state index is 9.58. The minimum atomic E-state index is -1.06. The average molecular weight is 282 g/mol. The number of rotatable bonds is 4. The summed E-state index contributed by atoms with van der Waals surface area (Å²) in [7, 11) is 0. The van der Waals surface area contributed by atoms with E-state index in [1.807, 2.05) is 6.07 Å². The summed E-state index contributed by atoms with van der Waals surface area (Å²) in [5, 5.41) is 22.2. The monoisotopic (exact) mass is 282 g/mol. The zero-order valence-electron chi connectivity index (χ0n) is 8.06. The third-order valence-corrected chi connectivity index (χ3v) is 1.84. The van der Waals surface area contributed by atoms with Crippen LogP contribution in [0.4, 0.5) is 0 Å². The zero-order chi connectivity index (χ0) is 10.4. The number of hydrogen-bond acceptors (Lipinski definition) is 3. The molecular weight excluding hydrogens is 271 g/mol. The first kappa shape index (κ1) is 14.6. The topological polar surface area (TPSA) is 89.2 Å². The molecule has 5 nitrogen and oxygen atoms in total. The molecule has 1 radical (unpaired) electrons. The first-order valence-corrected chi connectivity index (χ1v) is 4.17. The molecule has 0 bridgehead atoms. The number of hydrogen-bond donors (Lipinski definition) is 2. The van der Waals surface area contributed by atoms with Gasteiger partial charge < -0.3 is 10.2 Å². The molecule has 0 amide bonds. The molecular formula is C9H11N3O2Y.